The molecule has 104 valence electrons. The van der Waals surface area contributed by atoms with E-state index in [0.29, 0.717) is 23.8 Å². The van der Waals surface area contributed by atoms with Crippen molar-refractivity contribution in [1.29, 1.82) is 0 Å². The Morgan fingerprint density at radius 2 is 2.21 bits per heavy atom. The quantitative estimate of drug-likeness (QED) is 0.861. The molecular formula is C11H16N4O3S. The Labute approximate surface area is 114 Å². The second-order valence-electron chi connectivity index (χ2n) is 5.15. The summed E-state index contributed by atoms with van der Waals surface area (Å²) in [4.78, 5) is 11.5. The number of carbonyl (C=O) groups is 1. The van der Waals surface area contributed by atoms with Crippen molar-refractivity contribution >= 4 is 22.3 Å². The minimum atomic E-state index is -0.798. The molecule has 7 nitrogen and oxygen atoms in total. The van der Waals surface area contributed by atoms with Gasteiger partial charge >= 0.3 is 5.97 Å². The molecule has 0 aromatic carbocycles. The standard InChI is InChI=1S/C11H16N4O3S/c1-11(2,5-9(16)17)4-8-14-15-7(6-18-3)12-13-10(15)19-8/h4-6H2,1-3H3,(H,16,17). The third-order valence-electron chi connectivity index (χ3n) is 2.63. The molecule has 0 bridgehead atoms. The van der Waals surface area contributed by atoms with Gasteiger partial charge in [-0.05, 0) is 5.41 Å². The van der Waals surface area contributed by atoms with Crippen molar-refractivity contribution in [3.8, 4) is 0 Å². The summed E-state index contributed by atoms with van der Waals surface area (Å²) in [7, 11) is 1.59. The lowest BCUT2D eigenvalue weighted by atomic mass is 9.86. The average Bonchev–Trinajstić information content (AvgIpc) is 2.77. The van der Waals surface area contributed by atoms with Crippen LogP contribution in [0.1, 0.15) is 31.1 Å². The van der Waals surface area contributed by atoms with Crippen LogP contribution in [0.4, 0.5) is 0 Å². The summed E-state index contributed by atoms with van der Waals surface area (Å²) in [5.74, 6) is -0.149. The zero-order chi connectivity index (χ0) is 14.0. The normalized spacial score (nSPS) is 12.2. The summed E-state index contributed by atoms with van der Waals surface area (Å²) in [5.41, 5.74) is -0.337. The van der Waals surface area contributed by atoms with Crippen molar-refractivity contribution in [2.45, 2.75) is 33.3 Å². The molecule has 0 saturated carbocycles. The summed E-state index contributed by atoms with van der Waals surface area (Å²) in [6, 6.07) is 0. The molecule has 0 spiro atoms. The van der Waals surface area contributed by atoms with Crippen LogP contribution in [0, 0.1) is 5.41 Å². The van der Waals surface area contributed by atoms with Gasteiger partial charge in [0.25, 0.3) is 0 Å². The zero-order valence-corrected chi connectivity index (χ0v) is 11.9. The molecule has 0 unspecified atom stereocenters. The monoisotopic (exact) mass is 284 g/mol. The zero-order valence-electron chi connectivity index (χ0n) is 11.1. The minimum Gasteiger partial charge on any atom is -0.481 e. The van der Waals surface area contributed by atoms with Gasteiger partial charge in [0, 0.05) is 13.5 Å². The van der Waals surface area contributed by atoms with Gasteiger partial charge in [0.2, 0.25) is 4.96 Å². The van der Waals surface area contributed by atoms with E-state index in [4.69, 9.17) is 9.84 Å². The molecule has 2 aromatic rings. The van der Waals surface area contributed by atoms with Crippen molar-refractivity contribution in [2.24, 2.45) is 5.41 Å². The number of aliphatic carboxylic acids is 1. The number of fused-ring (bicyclic) bond motifs is 1. The lowest BCUT2D eigenvalue weighted by Crippen LogP contribution is -2.19. The van der Waals surface area contributed by atoms with Crippen LogP contribution < -0.4 is 0 Å². The molecule has 2 heterocycles. The number of hydrogen-bond donors (Lipinski definition) is 1. The van der Waals surface area contributed by atoms with Gasteiger partial charge in [-0.2, -0.15) is 9.61 Å². The van der Waals surface area contributed by atoms with E-state index < -0.39 is 5.97 Å². The SMILES string of the molecule is COCc1nnc2sc(CC(C)(C)CC(=O)O)nn12. The first-order valence-corrected chi connectivity index (χ1v) is 6.64. The molecule has 0 amide bonds. The second kappa shape index (κ2) is 5.22. The maximum Gasteiger partial charge on any atom is 0.303 e. The first-order valence-electron chi connectivity index (χ1n) is 5.82. The second-order valence-corrected chi connectivity index (χ2v) is 6.19. The maximum absolute atomic E-state index is 10.8. The van der Waals surface area contributed by atoms with E-state index in [1.807, 2.05) is 13.8 Å². The van der Waals surface area contributed by atoms with Crippen LogP contribution >= 0.6 is 11.3 Å². The predicted molar refractivity (Wildman–Crippen MR) is 69.1 cm³/mol. The van der Waals surface area contributed by atoms with E-state index in [0.717, 1.165) is 5.01 Å². The van der Waals surface area contributed by atoms with Crippen LogP contribution in [0.25, 0.3) is 4.96 Å². The lowest BCUT2D eigenvalue weighted by Gasteiger charge is -2.20. The lowest BCUT2D eigenvalue weighted by molar-refractivity contribution is -0.139. The molecule has 0 saturated heterocycles. The van der Waals surface area contributed by atoms with Crippen LogP contribution in [0.15, 0.2) is 0 Å². The molecule has 0 aliphatic rings. The summed E-state index contributed by atoms with van der Waals surface area (Å²) in [6.45, 7) is 4.18. The molecular weight excluding hydrogens is 268 g/mol. The van der Waals surface area contributed by atoms with Gasteiger partial charge in [-0.3, -0.25) is 4.79 Å². The van der Waals surface area contributed by atoms with E-state index >= 15 is 0 Å². The van der Waals surface area contributed by atoms with Crippen LogP contribution in [0.5, 0.6) is 0 Å². The molecule has 0 aliphatic heterocycles. The Morgan fingerprint density at radius 1 is 1.47 bits per heavy atom. The summed E-state index contributed by atoms with van der Waals surface area (Å²) >= 11 is 1.43. The highest BCUT2D eigenvalue weighted by Gasteiger charge is 2.25. The Kier molecular flexibility index (Phi) is 3.81. The van der Waals surface area contributed by atoms with Crippen molar-refractivity contribution in [3.05, 3.63) is 10.8 Å². The smallest absolute Gasteiger partial charge is 0.303 e. The highest BCUT2D eigenvalue weighted by atomic mass is 32.1. The molecule has 1 N–H and O–H groups in total. The van der Waals surface area contributed by atoms with Gasteiger partial charge < -0.3 is 9.84 Å². The van der Waals surface area contributed by atoms with E-state index in [2.05, 4.69) is 15.3 Å². The molecule has 0 radical (unpaired) electrons. The Morgan fingerprint density at radius 3 is 2.84 bits per heavy atom. The van der Waals surface area contributed by atoms with Gasteiger partial charge in [0.1, 0.15) is 11.6 Å². The van der Waals surface area contributed by atoms with Crippen molar-refractivity contribution < 1.29 is 14.6 Å². The van der Waals surface area contributed by atoms with E-state index in [-0.39, 0.29) is 11.8 Å². The van der Waals surface area contributed by atoms with Crippen LogP contribution in [0.3, 0.4) is 0 Å². The topological polar surface area (TPSA) is 89.6 Å². The van der Waals surface area contributed by atoms with Gasteiger partial charge in [0.05, 0.1) is 6.42 Å². The fraction of sp³-hybridized carbons (Fsp3) is 0.636. The summed E-state index contributed by atoms with van der Waals surface area (Å²) in [6.07, 6.45) is 0.706. The minimum absolute atomic E-state index is 0.109. The summed E-state index contributed by atoms with van der Waals surface area (Å²) in [5, 5.41) is 22.2. The maximum atomic E-state index is 10.8. The molecule has 8 heteroatoms. The fourth-order valence-electron chi connectivity index (χ4n) is 1.87. The fourth-order valence-corrected chi connectivity index (χ4v) is 2.98. The van der Waals surface area contributed by atoms with Crippen molar-refractivity contribution in [3.63, 3.8) is 0 Å². The van der Waals surface area contributed by atoms with E-state index in [9.17, 15) is 4.79 Å². The van der Waals surface area contributed by atoms with E-state index in [1.165, 1.54) is 11.3 Å². The van der Waals surface area contributed by atoms with Crippen LogP contribution in [-0.2, 0) is 22.6 Å². The predicted octanol–water partition coefficient (Wildman–Crippen LogP) is 1.38. The number of hydrogen-bond acceptors (Lipinski definition) is 6. The van der Waals surface area contributed by atoms with Gasteiger partial charge in [-0.25, -0.2) is 0 Å². The number of ether oxygens (including phenoxy) is 1. The van der Waals surface area contributed by atoms with Crippen LogP contribution in [0.2, 0.25) is 0 Å². The first kappa shape index (κ1) is 13.9. The third kappa shape index (κ3) is 3.27. The highest BCUT2D eigenvalue weighted by Crippen LogP contribution is 2.28. The number of carboxylic acid groups (broad SMARTS) is 1. The highest BCUT2D eigenvalue weighted by molar-refractivity contribution is 7.16. The number of aromatic nitrogens is 4. The van der Waals surface area contributed by atoms with Crippen molar-refractivity contribution in [2.75, 3.05) is 7.11 Å². The molecule has 0 fully saturated rings. The number of methoxy groups -OCH3 is 1. The molecule has 2 rings (SSSR count). The summed E-state index contributed by atoms with van der Waals surface area (Å²) < 4.78 is 6.67. The molecule has 0 atom stereocenters. The Hall–Kier alpha value is -1.54. The third-order valence-corrected chi connectivity index (χ3v) is 3.53. The van der Waals surface area contributed by atoms with Gasteiger partial charge in [-0.15, -0.1) is 10.2 Å². The van der Waals surface area contributed by atoms with Gasteiger partial charge in [-0.1, -0.05) is 25.2 Å². The van der Waals surface area contributed by atoms with Crippen LogP contribution in [-0.4, -0.2) is 38.0 Å². The Balaban J connectivity index is 2.19. The molecule has 0 aliphatic carbocycles. The Bertz CT molecular complexity index is 590. The van der Waals surface area contributed by atoms with Crippen molar-refractivity contribution in [1.82, 2.24) is 19.8 Å². The molecule has 19 heavy (non-hydrogen) atoms. The largest absolute Gasteiger partial charge is 0.481 e. The number of rotatable bonds is 6. The first-order chi connectivity index (χ1) is 8.91. The average molecular weight is 284 g/mol. The molecule has 2 aromatic heterocycles. The number of carboxylic acids is 1. The van der Waals surface area contributed by atoms with Gasteiger partial charge in [0.15, 0.2) is 5.82 Å². The number of nitrogens with zero attached hydrogens (tertiary/aromatic N) is 4. The van der Waals surface area contributed by atoms with E-state index in [1.54, 1.807) is 11.6 Å².